The van der Waals surface area contributed by atoms with Crippen molar-refractivity contribution >= 4 is 17.5 Å². The molecule has 1 saturated heterocycles. The van der Waals surface area contributed by atoms with E-state index in [1.165, 1.54) is 12.8 Å². The molecule has 148 valence electrons. The minimum Gasteiger partial charge on any atom is -0.337 e. The van der Waals surface area contributed by atoms with Crippen molar-refractivity contribution in [2.75, 3.05) is 32.0 Å². The fourth-order valence-electron chi connectivity index (χ4n) is 3.58. The Morgan fingerprint density at radius 3 is 2.39 bits per heavy atom. The summed E-state index contributed by atoms with van der Waals surface area (Å²) in [7, 11) is 1.79. The largest absolute Gasteiger partial charge is 0.337 e. The Balaban J connectivity index is 1.58. The summed E-state index contributed by atoms with van der Waals surface area (Å²) >= 11 is 0. The van der Waals surface area contributed by atoms with Gasteiger partial charge in [-0.1, -0.05) is 49.2 Å². The lowest BCUT2D eigenvalue weighted by molar-refractivity contribution is -0.117. The average molecular weight is 380 g/mol. The first-order valence-electron chi connectivity index (χ1n) is 10.0. The molecular formula is C23H29N3O2. The molecule has 0 aromatic heterocycles. The molecule has 28 heavy (non-hydrogen) atoms. The van der Waals surface area contributed by atoms with E-state index in [-0.39, 0.29) is 11.8 Å². The second-order valence-electron chi connectivity index (χ2n) is 7.47. The normalized spacial score (nSPS) is 14.9. The lowest BCUT2D eigenvalue weighted by atomic mass is 10.1. The monoisotopic (exact) mass is 379 g/mol. The molecular weight excluding hydrogens is 350 g/mol. The average Bonchev–Trinajstić information content (AvgIpc) is 2.97. The Labute approximate surface area is 167 Å². The summed E-state index contributed by atoms with van der Waals surface area (Å²) in [6.45, 7) is 2.92. The molecule has 0 spiro atoms. The summed E-state index contributed by atoms with van der Waals surface area (Å²) in [5.41, 5.74) is 2.32. The molecule has 0 unspecified atom stereocenters. The summed E-state index contributed by atoms with van der Waals surface area (Å²) < 4.78 is 0. The molecule has 0 aliphatic carbocycles. The van der Waals surface area contributed by atoms with E-state index >= 15 is 0 Å². The number of hydrogen-bond donors (Lipinski definition) is 1. The molecule has 2 aromatic carbocycles. The first-order chi connectivity index (χ1) is 13.6. The highest BCUT2D eigenvalue weighted by Crippen LogP contribution is 2.15. The Morgan fingerprint density at radius 1 is 0.964 bits per heavy atom. The zero-order valence-electron chi connectivity index (χ0n) is 16.6. The highest BCUT2D eigenvalue weighted by Gasteiger charge is 2.15. The van der Waals surface area contributed by atoms with Crippen molar-refractivity contribution in [3.05, 3.63) is 65.7 Å². The molecule has 0 atom stereocenters. The first kappa shape index (κ1) is 20.1. The highest BCUT2D eigenvalue weighted by atomic mass is 16.2. The third-order valence-electron chi connectivity index (χ3n) is 5.07. The molecule has 2 aromatic rings. The summed E-state index contributed by atoms with van der Waals surface area (Å²) in [6.07, 6.45) is 4.81. The fourth-order valence-corrected chi connectivity index (χ4v) is 3.58. The summed E-state index contributed by atoms with van der Waals surface area (Å²) in [4.78, 5) is 29.0. The second kappa shape index (κ2) is 10.0. The number of amides is 2. The van der Waals surface area contributed by atoms with Crippen molar-refractivity contribution in [1.29, 1.82) is 0 Å². The van der Waals surface area contributed by atoms with E-state index in [0.717, 1.165) is 31.5 Å². The van der Waals surface area contributed by atoms with Crippen molar-refractivity contribution < 1.29 is 9.59 Å². The van der Waals surface area contributed by atoms with Gasteiger partial charge in [0.25, 0.3) is 5.91 Å². The maximum Gasteiger partial charge on any atom is 0.253 e. The van der Waals surface area contributed by atoms with Crippen LogP contribution in [0.3, 0.4) is 0 Å². The standard InChI is InChI=1S/C23H29N3O2/c1-25(17-19-10-5-4-6-11-19)23(28)20-12-9-13-21(16-20)24-22(27)18-26-14-7-2-3-8-15-26/h4-6,9-13,16H,2-3,7-8,14-15,17-18H2,1H3,(H,24,27). The van der Waals surface area contributed by atoms with E-state index < -0.39 is 0 Å². The second-order valence-corrected chi connectivity index (χ2v) is 7.47. The Hall–Kier alpha value is -2.66. The molecule has 1 N–H and O–H groups in total. The van der Waals surface area contributed by atoms with Gasteiger partial charge >= 0.3 is 0 Å². The molecule has 1 aliphatic rings. The molecule has 1 aliphatic heterocycles. The van der Waals surface area contributed by atoms with Gasteiger partial charge in [-0.25, -0.2) is 0 Å². The van der Waals surface area contributed by atoms with E-state index in [9.17, 15) is 9.59 Å². The molecule has 0 bridgehead atoms. The SMILES string of the molecule is CN(Cc1ccccc1)C(=O)c1cccc(NC(=O)CN2CCCCCC2)c1. The van der Waals surface area contributed by atoms with Gasteiger partial charge in [0.15, 0.2) is 0 Å². The minimum atomic E-state index is -0.0625. The van der Waals surface area contributed by atoms with Gasteiger partial charge in [0.2, 0.25) is 5.91 Å². The van der Waals surface area contributed by atoms with Crippen LogP contribution in [-0.4, -0.2) is 48.3 Å². The van der Waals surface area contributed by atoms with E-state index in [1.807, 2.05) is 42.5 Å². The van der Waals surface area contributed by atoms with Gasteiger partial charge in [-0.05, 0) is 49.7 Å². The first-order valence-corrected chi connectivity index (χ1v) is 10.0. The predicted octanol–water partition coefficient (Wildman–Crippen LogP) is 3.77. The Bertz CT molecular complexity index is 783. The van der Waals surface area contributed by atoms with Gasteiger partial charge < -0.3 is 10.2 Å². The van der Waals surface area contributed by atoms with Crippen molar-refractivity contribution in [3.8, 4) is 0 Å². The van der Waals surface area contributed by atoms with Gasteiger partial charge in [0, 0.05) is 24.8 Å². The number of carbonyl (C=O) groups excluding carboxylic acids is 2. The molecule has 1 fully saturated rings. The fraction of sp³-hybridized carbons (Fsp3) is 0.391. The van der Waals surface area contributed by atoms with Crippen molar-refractivity contribution in [3.63, 3.8) is 0 Å². The van der Waals surface area contributed by atoms with E-state index in [1.54, 1.807) is 24.1 Å². The van der Waals surface area contributed by atoms with Crippen LogP contribution in [0.2, 0.25) is 0 Å². The van der Waals surface area contributed by atoms with Crippen LogP contribution in [0.15, 0.2) is 54.6 Å². The smallest absolute Gasteiger partial charge is 0.253 e. The number of hydrogen-bond acceptors (Lipinski definition) is 3. The summed E-state index contributed by atoms with van der Waals surface area (Å²) in [6, 6.07) is 17.1. The van der Waals surface area contributed by atoms with Crippen LogP contribution in [0.5, 0.6) is 0 Å². The van der Waals surface area contributed by atoms with Gasteiger partial charge in [0.1, 0.15) is 0 Å². The van der Waals surface area contributed by atoms with Gasteiger partial charge in [0.05, 0.1) is 6.54 Å². The van der Waals surface area contributed by atoms with Crippen LogP contribution in [0.25, 0.3) is 0 Å². The number of carbonyl (C=O) groups is 2. The number of anilines is 1. The van der Waals surface area contributed by atoms with Gasteiger partial charge in [-0.2, -0.15) is 0 Å². The predicted molar refractivity (Wildman–Crippen MR) is 112 cm³/mol. The maximum absolute atomic E-state index is 12.7. The minimum absolute atomic E-state index is 0.0239. The van der Waals surface area contributed by atoms with Crippen molar-refractivity contribution in [2.24, 2.45) is 0 Å². The molecule has 2 amide bonds. The number of likely N-dealkylation sites (tertiary alicyclic amines) is 1. The third-order valence-corrected chi connectivity index (χ3v) is 5.07. The molecule has 0 radical (unpaired) electrons. The van der Waals surface area contributed by atoms with E-state index in [4.69, 9.17) is 0 Å². The van der Waals surface area contributed by atoms with Crippen LogP contribution < -0.4 is 5.32 Å². The van der Waals surface area contributed by atoms with Gasteiger partial charge in [-0.15, -0.1) is 0 Å². The molecule has 1 heterocycles. The topological polar surface area (TPSA) is 52.7 Å². The third kappa shape index (κ3) is 5.92. The van der Waals surface area contributed by atoms with Gasteiger partial charge in [-0.3, -0.25) is 14.5 Å². The number of nitrogens with zero attached hydrogens (tertiary/aromatic N) is 2. The van der Waals surface area contributed by atoms with Crippen LogP contribution >= 0.6 is 0 Å². The molecule has 3 rings (SSSR count). The van der Waals surface area contributed by atoms with Crippen LogP contribution in [0.4, 0.5) is 5.69 Å². The van der Waals surface area contributed by atoms with Crippen molar-refractivity contribution in [1.82, 2.24) is 9.80 Å². The van der Waals surface area contributed by atoms with Crippen LogP contribution in [0.1, 0.15) is 41.6 Å². The highest BCUT2D eigenvalue weighted by molar-refractivity contribution is 5.97. The lowest BCUT2D eigenvalue weighted by Gasteiger charge is -2.20. The summed E-state index contributed by atoms with van der Waals surface area (Å²) in [5, 5.41) is 2.94. The lowest BCUT2D eigenvalue weighted by Crippen LogP contribution is -2.34. The van der Waals surface area contributed by atoms with Crippen molar-refractivity contribution in [2.45, 2.75) is 32.2 Å². The maximum atomic E-state index is 12.7. The summed E-state index contributed by atoms with van der Waals surface area (Å²) in [5.74, 6) is -0.0865. The Kier molecular flexibility index (Phi) is 7.20. The molecule has 0 saturated carbocycles. The Morgan fingerprint density at radius 2 is 1.68 bits per heavy atom. The molecule has 5 nitrogen and oxygen atoms in total. The van der Waals surface area contributed by atoms with E-state index in [2.05, 4.69) is 10.2 Å². The quantitative estimate of drug-likeness (QED) is 0.831. The van der Waals surface area contributed by atoms with Crippen LogP contribution in [-0.2, 0) is 11.3 Å². The number of benzene rings is 2. The number of nitrogens with one attached hydrogen (secondary N) is 1. The zero-order valence-corrected chi connectivity index (χ0v) is 16.6. The van der Waals surface area contributed by atoms with E-state index in [0.29, 0.717) is 24.3 Å². The molecule has 5 heteroatoms. The zero-order chi connectivity index (χ0) is 19.8. The van der Waals surface area contributed by atoms with Crippen LogP contribution in [0, 0.1) is 0 Å². The number of rotatable bonds is 6.